The minimum atomic E-state index is -2.49. The Morgan fingerprint density at radius 1 is 1.46 bits per heavy atom. The van der Waals surface area contributed by atoms with Crippen molar-refractivity contribution < 1.29 is 8.78 Å². The highest BCUT2D eigenvalue weighted by atomic mass is 79.9. The lowest BCUT2D eigenvalue weighted by Crippen LogP contribution is -2.31. The molecular weight excluding hydrogens is 242 g/mol. The second-order valence-electron chi connectivity index (χ2n) is 2.67. The van der Waals surface area contributed by atoms with E-state index in [4.69, 9.17) is 5.73 Å². The Morgan fingerprint density at radius 2 is 2.15 bits per heavy atom. The van der Waals surface area contributed by atoms with Crippen LogP contribution in [0.2, 0.25) is 0 Å². The van der Waals surface area contributed by atoms with E-state index < -0.39 is 12.5 Å². The van der Waals surface area contributed by atoms with Gasteiger partial charge < -0.3 is 5.73 Å². The number of alkyl halides is 2. The highest BCUT2D eigenvalue weighted by molar-refractivity contribution is 9.10. The zero-order valence-electron chi connectivity index (χ0n) is 6.75. The lowest BCUT2D eigenvalue weighted by molar-refractivity contribution is 0.115. The predicted octanol–water partition coefficient (Wildman–Crippen LogP) is 1.98. The second kappa shape index (κ2) is 4.62. The van der Waals surface area contributed by atoms with Gasteiger partial charge in [-0.3, -0.25) is 4.98 Å². The Labute approximate surface area is 83.3 Å². The van der Waals surface area contributed by atoms with Gasteiger partial charge in [0.2, 0.25) is 0 Å². The summed E-state index contributed by atoms with van der Waals surface area (Å²) in [5.74, 6) is 0. The maximum Gasteiger partial charge on any atom is 0.253 e. The number of aromatic nitrogens is 1. The molecule has 0 saturated heterocycles. The number of pyridine rings is 1. The number of hydrogen-bond acceptors (Lipinski definition) is 2. The highest BCUT2D eigenvalue weighted by Gasteiger charge is 2.15. The van der Waals surface area contributed by atoms with Crippen LogP contribution in [0.15, 0.2) is 22.8 Å². The van der Waals surface area contributed by atoms with E-state index in [1.807, 2.05) is 0 Å². The second-order valence-corrected chi connectivity index (χ2v) is 3.59. The Kier molecular flexibility index (Phi) is 3.74. The number of hydrogen-bond donors (Lipinski definition) is 1. The van der Waals surface area contributed by atoms with E-state index >= 15 is 0 Å². The molecule has 2 nitrogen and oxygen atoms in total. The lowest BCUT2D eigenvalue weighted by Gasteiger charge is -2.08. The molecule has 1 aromatic heterocycles. The Morgan fingerprint density at radius 3 is 2.62 bits per heavy atom. The molecule has 0 bridgehead atoms. The molecule has 0 aliphatic rings. The van der Waals surface area contributed by atoms with Gasteiger partial charge in [0.25, 0.3) is 6.43 Å². The van der Waals surface area contributed by atoms with Crippen LogP contribution in [0.5, 0.6) is 0 Å². The highest BCUT2D eigenvalue weighted by Crippen LogP contribution is 2.10. The van der Waals surface area contributed by atoms with Crippen molar-refractivity contribution in [2.75, 3.05) is 0 Å². The number of halogens is 3. The third-order valence-electron chi connectivity index (χ3n) is 1.56. The minimum Gasteiger partial charge on any atom is -0.323 e. The molecule has 13 heavy (non-hydrogen) atoms. The standard InChI is InChI=1S/C8H9BrF2N2/c9-5-1-2-6(13-4-5)3-7(12)8(10)11/h1-2,4,7-8H,3,12H2. The average Bonchev–Trinajstić information content (AvgIpc) is 2.08. The maximum absolute atomic E-state index is 12.0. The smallest absolute Gasteiger partial charge is 0.253 e. The van der Waals surface area contributed by atoms with Gasteiger partial charge in [-0.1, -0.05) is 0 Å². The van der Waals surface area contributed by atoms with E-state index in [1.54, 1.807) is 18.3 Å². The van der Waals surface area contributed by atoms with Crippen LogP contribution in [0.1, 0.15) is 5.69 Å². The zero-order chi connectivity index (χ0) is 9.84. The van der Waals surface area contributed by atoms with Crippen molar-refractivity contribution in [3.05, 3.63) is 28.5 Å². The largest absolute Gasteiger partial charge is 0.323 e. The summed E-state index contributed by atoms with van der Waals surface area (Å²) in [7, 11) is 0. The van der Waals surface area contributed by atoms with E-state index in [1.165, 1.54) is 0 Å². The molecule has 0 radical (unpaired) electrons. The zero-order valence-corrected chi connectivity index (χ0v) is 8.34. The molecule has 1 heterocycles. The molecular formula is C8H9BrF2N2. The van der Waals surface area contributed by atoms with Crippen LogP contribution >= 0.6 is 15.9 Å². The summed E-state index contributed by atoms with van der Waals surface area (Å²) < 4.78 is 24.9. The summed E-state index contributed by atoms with van der Waals surface area (Å²) in [5.41, 5.74) is 5.76. The lowest BCUT2D eigenvalue weighted by atomic mass is 10.1. The number of nitrogens with zero attached hydrogens (tertiary/aromatic N) is 1. The number of nitrogens with two attached hydrogens (primary N) is 1. The first kappa shape index (κ1) is 10.5. The van der Waals surface area contributed by atoms with Crippen LogP contribution in [-0.2, 0) is 6.42 Å². The minimum absolute atomic E-state index is 0.102. The third kappa shape index (κ3) is 3.36. The molecule has 1 unspecified atom stereocenters. The van der Waals surface area contributed by atoms with Crippen molar-refractivity contribution >= 4 is 15.9 Å². The van der Waals surface area contributed by atoms with Crippen molar-refractivity contribution in [2.24, 2.45) is 5.73 Å². The van der Waals surface area contributed by atoms with E-state index in [9.17, 15) is 8.78 Å². The number of rotatable bonds is 3. The van der Waals surface area contributed by atoms with Gasteiger partial charge in [0.15, 0.2) is 0 Å². The molecule has 72 valence electrons. The van der Waals surface area contributed by atoms with Gasteiger partial charge in [-0.05, 0) is 28.1 Å². The van der Waals surface area contributed by atoms with Gasteiger partial charge in [0.1, 0.15) is 0 Å². The summed E-state index contributed by atoms with van der Waals surface area (Å²) >= 11 is 3.20. The molecule has 0 spiro atoms. The van der Waals surface area contributed by atoms with Gasteiger partial charge in [0, 0.05) is 22.8 Å². The SMILES string of the molecule is NC(Cc1ccc(Br)cn1)C(F)F. The van der Waals surface area contributed by atoms with Crippen LogP contribution in [0.4, 0.5) is 8.78 Å². The van der Waals surface area contributed by atoms with Gasteiger partial charge >= 0.3 is 0 Å². The van der Waals surface area contributed by atoms with E-state index in [0.717, 1.165) is 4.47 Å². The molecule has 0 amide bonds. The van der Waals surface area contributed by atoms with Gasteiger partial charge in [0.05, 0.1) is 6.04 Å². The van der Waals surface area contributed by atoms with E-state index in [2.05, 4.69) is 20.9 Å². The molecule has 1 atom stereocenters. The van der Waals surface area contributed by atoms with Crippen molar-refractivity contribution in [1.82, 2.24) is 4.98 Å². The van der Waals surface area contributed by atoms with Gasteiger partial charge in [-0.2, -0.15) is 0 Å². The van der Waals surface area contributed by atoms with Gasteiger partial charge in [-0.15, -0.1) is 0 Å². The molecule has 0 aliphatic heterocycles. The fraction of sp³-hybridized carbons (Fsp3) is 0.375. The molecule has 1 aromatic rings. The van der Waals surface area contributed by atoms with Gasteiger partial charge in [-0.25, -0.2) is 8.78 Å². The molecule has 0 aromatic carbocycles. The van der Waals surface area contributed by atoms with Crippen molar-refractivity contribution in [3.8, 4) is 0 Å². The Balaban J connectivity index is 2.59. The first-order chi connectivity index (χ1) is 6.09. The van der Waals surface area contributed by atoms with E-state index in [0.29, 0.717) is 5.69 Å². The molecule has 0 aliphatic carbocycles. The molecule has 5 heteroatoms. The fourth-order valence-electron chi connectivity index (χ4n) is 0.858. The quantitative estimate of drug-likeness (QED) is 0.892. The monoisotopic (exact) mass is 250 g/mol. The Hall–Kier alpha value is -0.550. The maximum atomic E-state index is 12.0. The molecule has 1 rings (SSSR count). The molecule has 2 N–H and O–H groups in total. The fourth-order valence-corrected chi connectivity index (χ4v) is 1.09. The van der Waals surface area contributed by atoms with Crippen molar-refractivity contribution in [1.29, 1.82) is 0 Å². The van der Waals surface area contributed by atoms with Crippen LogP contribution in [0, 0.1) is 0 Å². The summed E-state index contributed by atoms with van der Waals surface area (Å²) in [6.07, 6.45) is -0.830. The van der Waals surface area contributed by atoms with Crippen LogP contribution < -0.4 is 5.73 Å². The van der Waals surface area contributed by atoms with Crippen LogP contribution in [0.3, 0.4) is 0 Å². The summed E-state index contributed by atoms with van der Waals surface area (Å²) in [6.45, 7) is 0. The first-order valence-corrected chi connectivity index (χ1v) is 4.53. The summed E-state index contributed by atoms with van der Waals surface area (Å²) in [4.78, 5) is 3.94. The predicted molar refractivity (Wildman–Crippen MR) is 49.6 cm³/mol. The van der Waals surface area contributed by atoms with Crippen LogP contribution in [-0.4, -0.2) is 17.5 Å². The van der Waals surface area contributed by atoms with E-state index in [-0.39, 0.29) is 6.42 Å². The topological polar surface area (TPSA) is 38.9 Å². The summed E-state index contributed by atoms with van der Waals surface area (Å²) in [5, 5.41) is 0. The normalized spacial score (nSPS) is 13.3. The summed E-state index contributed by atoms with van der Waals surface area (Å²) in [6, 6.07) is 2.29. The molecule has 0 saturated carbocycles. The van der Waals surface area contributed by atoms with Crippen molar-refractivity contribution in [2.45, 2.75) is 18.9 Å². The Bertz CT molecular complexity index is 263. The first-order valence-electron chi connectivity index (χ1n) is 3.74. The average molecular weight is 251 g/mol. The molecule has 0 fully saturated rings. The van der Waals surface area contributed by atoms with Crippen molar-refractivity contribution in [3.63, 3.8) is 0 Å². The third-order valence-corrected chi connectivity index (χ3v) is 2.03. The van der Waals surface area contributed by atoms with Crippen LogP contribution in [0.25, 0.3) is 0 Å².